The van der Waals surface area contributed by atoms with Crippen molar-refractivity contribution in [3.8, 4) is 6.07 Å². The summed E-state index contributed by atoms with van der Waals surface area (Å²) in [6, 6.07) is 1.99. The van der Waals surface area contributed by atoms with Gasteiger partial charge in [0.15, 0.2) is 5.79 Å². The van der Waals surface area contributed by atoms with E-state index in [1.54, 1.807) is 0 Å². The highest BCUT2D eigenvalue weighted by Gasteiger charge is 2.50. The normalized spacial score (nSPS) is 39.1. The maximum Gasteiger partial charge on any atom is 0.164 e. The summed E-state index contributed by atoms with van der Waals surface area (Å²) in [6.07, 6.45) is -0.593. The van der Waals surface area contributed by atoms with Crippen LogP contribution in [0.3, 0.4) is 0 Å². The van der Waals surface area contributed by atoms with E-state index in [0.29, 0.717) is 12.2 Å². The molecule has 0 unspecified atom stereocenters. The zero-order valence-corrected chi connectivity index (χ0v) is 8.32. The van der Waals surface area contributed by atoms with Gasteiger partial charge in [0.05, 0.1) is 18.2 Å². The topological polar surface area (TPSA) is 51.5 Å². The molecule has 2 fully saturated rings. The van der Waals surface area contributed by atoms with Gasteiger partial charge in [-0.05, 0) is 13.8 Å². The smallest absolute Gasteiger partial charge is 0.164 e. The van der Waals surface area contributed by atoms with Crippen molar-refractivity contribution in [1.82, 2.24) is 0 Å². The summed E-state index contributed by atoms with van der Waals surface area (Å²) in [7, 11) is 0. The first-order chi connectivity index (χ1) is 6.53. The van der Waals surface area contributed by atoms with Gasteiger partial charge in [-0.15, -0.1) is 0 Å². The van der Waals surface area contributed by atoms with E-state index >= 15 is 0 Å². The molecule has 3 atom stereocenters. The Kier molecular flexibility index (Phi) is 2.11. The van der Waals surface area contributed by atoms with Crippen molar-refractivity contribution >= 4 is 0 Å². The summed E-state index contributed by atoms with van der Waals surface area (Å²) < 4.78 is 16.6. The molecule has 0 aromatic heterocycles. The van der Waals surface area contributed by atoms with Crippen molar-refractivity contribution in [3.05, 3.63) is 12.2 Å². The molecule has 14 heavy (non-hydrogen) atoms. The molecule has 0 radical (unpaired) electrons. The van der Waals surface area contributed by atoms with Crippen LogP contribution >= 0.6 is 0 Å². The van der Waals surface area contributed by atoms with Crippen LogP contribution < -0.4 is 0 Å². The molecule has 2 aliphatic heterocycles. The maximum absolute atomic E-state index is 8.72. The molecular formula is C10H13NO3. The second kappa shape index (κ2) is 3.06. The van der Waals surface area contributed by atoms with Crippen LogP contribution in [0.25, 0.3) is 0 Å². The summed E-state index contributed by atoms with van der Waals surface area (Å²) in [5, 5.41) is 8.72. The van der Waals surface area contributed by atoms with E-state index < -0.39 is 5.79 Å². The molecule has 76 valence electrons. The minimum absolute atomic E-state index is 0.0694. The summed E-state index contributed by atoms with van der Waals surface area (Å²) in [5.41, 5.74) is 0.402. The van der Waals surface area contributed by atoms with Crippen molar-refractivity contribution in [1.29, 1.82) is 5.26 Å². The Balaban J connectivity index is 2.13. The largest absolute Gasteiger partial charge is 0.367 e. The molecule has 2 saturated heterocycles. The van der Waals surface area contributed by atoms with Gasteiger partial charge in [0.2, 0.25) is 0 Å². The number of fused-ring (bicyclic) bond motifs is 1. The number of ether oxygens (including phenoxy) is 3. The van der Waals surface area contributed by atoms with Crippen molar-refractivity contribution < 1.29 is 14.2 Å². The van der Waals surface area contributed by atoms with Crippen LogP contribution in [-0.4, -0.2) is 30.7 Å². The van der Waals surface area contributed by atoms with Crippen molar-refractivity contribution in [3.63, 3.8) is 0 Å². The lowest BCUT2D eigenvalue weighted by molar-refractivity contribution is -0.171. The predicted octanol–water partition coefficient (Wildman–Crippen LogP) is 0.985. The van der Waals surface area contributed by atoms with Crippen LogP contribution in [0.5, 0.6) is 0 Å². The molecule has 0 saturated carbocycles. The second-order valence-corrected chi connectivity index (χ2v) is 4.03. The van der Waals surface area contributed by atoms with Gasteiger partial charge in [-0.2, -0.15) is 5.26 Å². The van der Waals surface area contributed by atoms with Crippen molar-refractivity contribution in [2.75, 3.05) is 6.61 Å². The van der Waals surface area contributed by atoms with Crippen LogP contribution in [-0.2, 0) is 14.2 Å². The molecule has 2 rings (SSSR count). The number of nitrogens with zero attached hydrogens (tertiary/aromatic N) is 1. The summed E-state index contributed by atoms with van der Waals surface area (Å²) in [6.45, 7) is 7.83. The highest BCUT2D eigenvalue weighted by molar-refractivity contribution is 5.25. The zero-order chi connectivity index (χ0) is 10.3. The Hall–Kier alpha value is -0.890. The Morgan fingerprint density at radius 2 is 2.21 bits per heavy atom. The fourth-order valence-corrected chi connectivity index (χ4v) is 1.90. The van der Waals surface area contributed by atoms with E-state index in [1.807, 2.05) is 19.9 Å². The SMILES string of the molecule is C=C(C#N)[C@H]1OC[C@@H]2OC(C)(C)O[C@H]21. The lowest BCUT2D eigenvalue weighted by Gasteiger charge is -2.20. The Morgan fingerprint density at radius 1 is 1.50 bits per heavy atom. The molecule has 4 nitrogen and oxygen atoms in total. The standard InChI is InChI=1S/C10H13NO3/c1-6(4-11)8-9-7(5-12-8)13-10(2,3)14-9/h7-9H,1,5H2,2-3H3/t7-,8+,9+/m0/s1. The third-order valence-corrected chi connectivity index (χ3v) is 2.45. The van der Waals surface area contributed by atoms with Gasteiger partial charge in [-0.3, -0.25) is 0 Å². The van der Waals surface area contributed by atoms with Crippen LogP contribution in [0.15, 0.2) is 12.2 Å². The third kappa shape index (κ3) is 1.44. The van der Waals surface area contributed by atoms with E-state index in [0.717, 1.165) is 0 Å². The zero-order valence-electron chi connectivity index (χ0n) is 8.32. The first-order valence-corrected chi connectivity index (χ1v) is 4.59. The highest BCUT2D eigenvalue weighted by atomic mass is 16.8. The minimum Gasteiger partial charge on any atom is -0.367 e. The van der Waals surface area contributed by atoms with Crippen LogP contribution in [0.1, 0.15) is 13.8 Å². The number of rotatable bonds is 1. The number of hydrogen-bond donors (Lipinski definition) is 0. The lowest BCUT2D eigenvalue weighted by Crippen LogP contribution is -2.30. The molecule has 2 aliphatic rings. The second-order valence-electron chi connectivity index (χ2n) is 4.03. The molecule has 2 heterocycles. The molecular weight excluding hydrogens is 182 g/mol. The Labute approximate surface area is 83.1 Å². The van der Waals surface area contributed by atoms with E-state index in [4.69, 9.17) is 19.5 Å². The first kappa shape index (κ1) is 9.66. The summed E-state index contributed by atoms with van der Waals surface area (Å²) >= 11 is 0. The number of hydrogen-bond acceptors (Lipinski definition) is 4. The summed E-state index contributed by atoms with van der Waals surface area (Å²) in [5.74, 6) is -0.576. The van der Waals surface area contributed by atoms with Gasteiger partial charge in [0.25, 0.3) is 0 Å². The minimum atomic E-state index is -0.576. The average molecular weight is 195 g/mol. The predicted molar refractivity (Wildman–Crippen MR) is 48.3 cm³/mol. The van der Waals surface area contributed by atoms with E-state index in [9.17, 15) is 0 Å². The molecule has 0 bridgehead atoms. The monoisotopic (exact) mass is 195 g/mol. The van der Waals surface area contributed by atoms with Crippen molar-refractivity contribution in [2.24, 2.45) is 0 Å². The van der Waals surface area contributed by atoms with E-state index in [-0.39, 0.29) is 18.3 Å². The molecule has 0 aliphatic carbocycles. The van der Waals surface area contributed by atoms with Crippen molar-refractivity contribution in [2.45, 2.75) is 37.9 Å². The van der Waals surface area contributed by atoms with Crippen LogP contribution in [0.2, 0.25) is 0 Å². The molecule has 4 heteroatoms. The first-order valence-electron chi connectivity index (χ1n) is 4.59. The van der Waals surface area contributed by atoms with Gasteiger partial charge in [0.1, 0.15) is 18.3 Å². The van der Waals surface area contributed by atoms with Gasteiger partial charge in [-0.25, -0.2) is 0 Å². The maximum atomic E-state index is 8.72. The fourth-order valence-electron chi connectivity index (χ4n) is 1.90. The molecule has 0 aromatic carbocycles. The van der Waals surface area contributed by atoms with Crippen LogP contribution in [0.4, 0.5) is 0 Å². The van der Waals surface area contributed by atoms with Gasteiger partial charge < -0.3 is 14.2 Å². The van der Waals surface area contributed by atoms with E-state index in [1.165, 1.54) is 0 Å². The quantitative estimate of drug-likeness (QED) is 0.585. The van der Waals surface area contributed by atoms with Gasteiger partial charge in [-0.1, -0.05) is 6.58 Å². The molecule has 0 spiro atoms. The highest BCUT2D eigenvalue weighted by Crippen LogP contribution is 2.36. The number of nitriles is 1. The van der Waals surface area contributed by atoms with E-state index in [2.05, 4.69) is 6.58 Å². The Bertz CT molecular complexity index is 305. The van der Waals surface area contributed by atoms with Crippen LogP contribution in [0, 0.1) is 11.3 Å². The molecule has 0 aromatic rings. The average Bonchev–Trinajstić information content (AvgIpc) is 2.58. The van der Waals surface area contributed by atoms with Gasteiger partial charge in [0, 0.05) is 0 Å². The fraction of sp³-hybridized carbons (Fsp3) is 0.700. The third-order valence-electron chi connectivity index (χ3n) is 2.45. The van der Waals surface area contributed by atoms with Gasteiger partial charge >= 0.3 is 0 Å². The molecule has 0 N–H and O–H groups in total. The lowest BCUT2D eigenvalue weighted by atomic mass is 10.1. The molecule has 0 amide bonds. The summed E-state index contributed by atoms with van der Waals surface area (Å²) in [4.78, 5) is 0. The Morgan fingerprint density at radius 3 is 2.86 bits per heavy atom.